The largest absolute Gasteiger partial charge is 0.490 e. The maximum atomic E-state index is 11.5. The van der Waals surface area contributed by atoms with Gasteiger partial charge in [-0.05, 0) is 63.8 Å². The number of carboxylic acids is 1. The Morgan fingerprint density at radius 2 is 1.86 bits per heavy atom. The SMILES string of the molecule is CCOc1ccccc1OC1CCCN(c2cncc(Nc3nccc(-c4ccc(CC(C)(C)C(=O)O)cc4)n3)n2)C1. The molecule has 218 valence electrons. The summed E-state index contributed by atoms with van der Waals surface area (Å²) < 4.78 is 12.1. The molecule has 2 aromatic heterocycles. The smallest absolute Gasteiger partial charge is 0.309 e. The summed E-state index contributed by atoms with van der Waals surface area (Å²) >= 11 is 0. The maximum absolute atomic E-state index is 11.5. The molecule has 1 unspecified atom stereocenters. The first kappa shape index (κ1) is 28.8. The number of anilines is 3. The van der Waals surface area contributed by atoms with Crippen LogP contribution in [0.25, 0.3) is 11.3 Å². The van der Waals surface area contributed by atoms with Crippen molar-refractivity contribution in [2.75, 3.05) is 29.9 Å². The lowest BCUT2D eigenvalue weighted by atomic mass is 9.86. The normalized spacial score (nSPS) is 15.2. The zero-order valence-corrected chi connectivity index (χ0v) is 24.2. The fourth-order valence-electron chi connectivity index (χ4n) is 4.89. The number of rotatable bonds is 11. The number of carbonyl (C=O) groups is 1. The molecule has 1 aliphatic rings. The van der Waals surface area contributed by atoms with Gasteiger partial charge >= 0.3 is 5.97 Å². The fraction of sp³-hybridized carbons (Fsp3) is 0.344. The predicted molar refractivity (Wildman–Crippen MR) is 161 cm³/mol. The number of hydrogen-bond acceptors (Lipinski definition) is 9. The summed E-state index contributed by atoms with van der Waals surface area (Å²) in [6, 6.07) is 17.4. The van der Waals surface area contributed by atoms with Gasteiger partial charge in [-0.25, -0.2) is 15.0 Å². The molecule has 0 bridgehead atoms. The fourth-order valence-corrected chi connectivity index (χ4v) is 4.89. The number of aromatic nitrogens is 4. The molecule has 0 amide bonds. The molecular weight excluding hydrogens is 532 g/mol. The van der Waals surface area contributed by atoms with Crippen LogP contribution in [0.2, 0.25) is 0 Å². The minimum absolute atomic E-state index is 0.000346. The molecule has 10 nitrogen and oxygen atoms in total. The van der Waals surface area contributed by atoms with E-state index in [9.17, 15) is 9.90 Å². The van der Waals surface area contributed by atoms with Gasteiger partial charge in [0.05, 0.1) is 36.7 Å². The van der Waals surface area contributed by atoms with Gasteiger partial charge in [-0.2, -0.15) is 0 Å². The Morgan fingerprint density at radius 1 is 1.07 bits per heavy atom. The highest BCUT2D eigenvalue weighted by Crippen LogP contribution is 2.30. The minimum atomic E-state index is -0.833. The van der Waals surface area contributed by atoms with Crippen LogP contribution in [0.4, 0.5) is 17.6 Å². The quantitative estimate of drug-likeness (QED) is 0.230. The molecule has 5 rings (SSSR count). The van der Waals surface area contributed by atoms with Crippen molar-refractivity contribution in [3.05, 3.63) is 78.8 Å². The van der Waals surface area contributed by atoms with E-state index in [-0.39, 0.29) is 6.10 Å². The number of piperidine rings is 1. The molecule has 1 saturated heterocycles. The van der Waals surface area contributed by atoms with Gasteiger partial charge in [-0.1, -0.05) is 36.4 Å². The van der Waals surface area contributed by atoms with Gasteiger partial charge in [0, 0.05) is 18.3 Å². The Labute approximate surface area is 245 Å². The van der Waals surface area contributed by atoms with Crippen LogP contribution in [-0.2, 0) is 11.2 Å². The van der Waals surface area contributed by atoms with Crippen LogP contribution in [-0.4, -0.2) is 56.8 Å². The Balaban J connectivity index is 1.25. The van der Waals surface area contributed by atoms with Crippen LogP contribution < -0.4 is 19.7 Å². The first-order valence-corrected chi connectivity index (χ1v) is 14.2. The summed E-state index contributed by atoms with van der Waals surface area (Å²) in [4.78, 5) is 31.9. The van der Waals surface area contributed by atoms with Gasteiger partial charge < -0.3 is 24.8 Å². The van der Waals surface area contributed by atoms with Crippen molar-refractivity contribution in [1.82, 2.24) is 19.9 Å². The van der Waals surface area contributed by atoms with Crippen molar-refractivity contribution in [2.24, 2.45) is 5.41 Å². The van der Waals surface area contributed by atoms with Crippen molar-refractivity contribution < 1.29 is 19.4 Å². The second kappa shape index (κ2) is 12.8. The van der Waals surface area contributed by atoms with Crippen molar-refractivity contribution in [3.63, 3.8) is 0 Å². The predicted octanol–water partition coefficient (Wildman–Crippen LogP) is 5.78. The van der Waals surface area contributed by atoms with Gasteiger partial charge in [-0.15, -0.1) is 0 Å². The monoisotopic (exact) mass is 568 g/mol. The van der Waals surface area contributed by atoms with Crippen molar-refractivity contribution in [1.29, 1.82) is 0 Å². The zero-order valence-electron chi connectivity index (χ0n) is 24.2. The first-order chi connectivity index (χ1) is 20.3. The summed E-state index contributed by atoms with van der Waals surface area (Å²) in [5.74, 6) is 2.39. The number of nitrogens with one attached hydrogen (secondary N) is 1. The van der Waals surface area contributed by atoms with E-state index in [0.717, 1.165) is 53.5 Å². The molecule has 1 aliphatic heterocycles. The van der Waals surface area contributed by atoms with E-state index >= 15 is 0 Å². The highest BCUT2D eigenvalue weighted by molar-refractivity contribution is 5.74. The standard InChI is InChI=1S/C32H36N6O4/c1-4-41-26-9-5-6-10-27(26)42-24-8-7-17-38(21-24)29-20-33-19-28(36-29)37-31-34-16-15-25(35-31)23-13-11-22(12-14-23)18-32(2,3)30(39)40/h5-6,9-16,19-20,24H,4,7-8,17-18,21H2,1-3H3,(H,39,40)(H,34,35,36,37). The van der Waals surface area contributed by atoms with Gasteiger partial charge in [-0.3, -0.25) is 9.78 Å². The number of para-hydroxylation sites is 2. The third kappa shape index (κ3) is 7.12. The average molecular weight is 569 g/mol. The minimum Gasteiger partial charge on any atom is -0.490 e. The second-order valence-electron chi connectivity index (χ2n) is 10.9. The van der Waals surface area contributed by atoms with E-state index in [1.54, 1.807) is 32.4 Å². The van der Waals surface area contributed by atoms with E-state index in [2.05, 4.69) is 25.2 Å². The molecule has 1 atom stereocenters. The third-order valence-electron chi connectivity index (χ3n) is 7.14. The number of nitrogens with zero attached hydrogens (tertiary/aromatic N) is 5. The van der Waals surface area contributed by atoms with Gasteiger partial charge in [0.1, 0.15) is 11.9 Å². The summed E-state index contributed by atoms with van der Waals surface area (Å²) in [6.07, 6.45) is 7.45. The topological polar surface area (TPSA) is 123 Å². The van der Waals surface area contributed by atoms with Crippen LogP contribution in [0.3, 0.4) is 0 Å². The molecule has 4 aromatic rings. The van der Waals surface area contributed by atoms with E-state index in [1.165, 1.54) is 0 Å². The molecule has 0 saturated carbocycles. The second-order valence-corrected chi connectivity index (χ2v) is 10.9. The molecule has 0 aliphatic carbocycles. The summed E-state index contributed by atoms with van der Waals surface area (Å²) in [5, 5.41) is 12.6. The molecule has 1 fully saturated rings. The Bertz CT molecular complexity index is 1510. The van der Waals surface area contributed by atoms with Crippen LogP contribution in [0.1, 0.15) is 39.2 Å². The number of carboxylic acid groups (broad SMARTS) is 1. The Morgan fingerprint density at radius 3 is 2.62 bits per heavy atom. The molecule has 10 heteroatoms. The van der Waals surface area contributed by atoms with Crippen molar-refractivity contribution in [3.8, 4) is 22.8 Å². The third-order valence-corrected chi connectivity index (χ3v) is 7.14. The van der Waals surface area contributed by atoms with Crippen LogP contribution >= 0.6 is 0 Å². The van der Waals surface area contributed by atoms with Crippen LogP contribution in [0.15, 0.2) is 73.2 Å². The highest BCUT2D eigenvalue weighted by atomic mass is 16.5. The lowest BCUT2D eigenvalue weighted by Gasteiger charge is -2.33. The average Bonchev–Trinajstić information content (AvgIpc) is 2.99. The van der Waals surface area contributed by atoms with Gasteiger partial charge in [0.15, 0.2) is 17.3 Å². The molecule has 3 heterocycles. The number of aliphatic carboxylic acids is 1. The molecule has 0 radical (unpaired) electrons. The molecule has 0 spiro atoms. The van der Waals surface area contributed by atoms with Crippen molar-refractivity contribution >= 4 is 23.6 Å². The number of benzene rings is 2. The Hall–Kier alpha value is -4.73. The number of hydrogen-bond donors (Lipinski definition) is 2. The van der Waals surface area contributed by atoms with Crippen molar-refractivity contribution in [2.45, 2.75) is 46.1 Å². The molecular formula is C32H36N6O4. The first-order valence-electron chi connectivity index (χ1n) is 14.2. The molecule has 42 heavy (non-hydrogen) atoms. The summed E-state index contributed by atoms with van der Waals surface area (Å²) in [6.45, 7) is 7.54. The van der Waals surface area contributed by atoms with Gasteiger partial charge in [0.2, 0.25) is 5.95 Å². The lowest BCUT2D eigenvalue weighted by Crippen LogP contribution is -2.41. The van der Waals surface area contributed by atoms with E-state index in [0.29, 0.717) is 31.3 Å². The van der Waals surface area contributed by atoms with E-state index in [4.69, 9.17) is 14.5 Å². The summed E-state index contributed by atoms with van der Waals surface area (Å²) in [5.41, 5.74) is 1.77. The van der Waals surface area contributed by atoms with E-state index < -0.39 is 11.4 Å². The highest BCUT2D eigenvalue weighted by Gasteiger charge is 2.27. The van der Waals surface area contributed by atoms with E-state index in [1.807, 2.05) is 61.5 Å². The van der Waals surface area contributed by atoms with Gasteiger partial charge in [0.25, 0.3) is 0 Å². The summed E-state index contributed by atoms with van der Waals surface area (Å²) in [7, 11) is 0. The lowest BCUT2D eigenvalue weighted by molar-refractivity contribution is -0.146. The molecule has 2 aromatic carbocycles. The maximum Gasteiger partial charge on any atom is 0.309 e. The number of ether oxygens (including phenoxy) is 2. The Kier molecular flexibility index (Phi) is 8.80. The zero-order chi connectivity index (χ0) is 29.5. The van der Waals surface area contributed by atoms with Crippen LogP contribution in [0, 0.1) is 5.41 Å². The van der Waals surface area contributed by atoms with Crippen LogP contribution in [0.5, 0.6) is 11.5 Å². The molecule has 2 N–H and O–H groups in total.